The van der Waals surface area contributed by atoms with Gasteiger partial charge in [-0.1, -0.05) is 81.6 Å². The predicted molar refractivity (Wildman–Crippen MR) is 140 cm³/mol. The van der Waals surface area contributed by atoms with Crippen LogP contribution in [0, 0.1) is 24.7 Å². The Bertz CT molecular complexity index is 1170. The number of rotatable bonds is 5. The summed E-state index contributed by atoms with van der Waals surface area (Å²) >= 11 is 6.28. The van der Waals surface area contributed by atoms with E-state index in [9.17, 15) is 4.79 Å². The lowest BCUT2D eigenvalue weighted by molar-refractivity contribution is 0.0430. The molecule has 0 bridgehead atoms. The van der Waals surface area contributed by atoms with Crippen LogP contribution in [-0.4, -0.2) is 21.7 Å². The highest BCUT2D eigenvalue weighted by molar-refractivity contribution is 6.31. The zero-order valence-electron chi connectivity index (χ0n) is 21.2. The molecule has 1 aliphatic carbocycles. The number of nitrogens with zero attached hydrogens (tertiary/aromatic N) is 2. The minimum absolute atomic E-state index is 0.0397. The van der Waals surface area contributed by atoms with Gasteiger partial charge in [0.1, 0.15) is 0 Å². The van der Waals surface area contributed by atoms with Gasteiger partial charge in [0.25, 0.3) is 5.91 Å². The number of halogens is 1. The molecule has 1 amide bonds. The monoisotopic (exact) mass is 477 g/mol. The first-order chi connectivity index (χ1) is 16.0. The largest absolute Gasteiger partial charge is 0.347 e. The van der Waals surface area contributed by atoms with Gasteiger partial charge in [-0.3, -0.25) is 9.48 Å². The molecule has 1 heterocycles. The summed E-state index contributed by atoms with van der Waals surface area (Å²) in [7, 11) is 0. The third-order valence-electron chi connectivity index (χ3n) is 7.40. The second-order valence-corrected chi connectivity index (χ2v) is 11.7. The Hall–Kier alpha value is -2.59. The fourth-order valence-corrected chi connectivity index (χ4v) is 5.61. The molecule has 5 heteroatoms. The Morgan fingerprint density at radius 1 is 1.03 bits per heavy atom. The summed E-state index contributed by atoms with van der Waals surface area (Å²) in [5, 5.41) is 8.88. The number of carbonyl (C=O) groups is 1. The molecule has 4 nitrogen and oxygen atoms in total. The lowest BCUT2D eigenvalue weighted by atomic mass is 9.61. The molecule has 1 aliphatic rings. The van der Waals surface area contributed by atoms with E-state index in [0.29, 0.717) is 12.2 Å². The zero-order valence-corrected chi connectivity index (χ0v) is 22.0. The highest BCUT2D eigenvalue weighted by Crippen LogP contribution is 2.46. The first kappa shape index (κ1) is 24.5. The Kier molecular flexibility index (Phi) is 6.65. The van der Waals surface area contributed by atoms with Crippen molar-refractivity contribution in [1.82, 2.24) is 15.1 Å². The molecule has 34 heavy (non-hydrogen) atoms. The SMILES string of the molecule is Cc1ccc(Cn2nc(C(=O)NC3C(C)(C)CCCC3(C)C)cc2-c2ccc(Cl)c(C)c2)cc1. The summed E-state index contributed by atoms with van der Waals surface area (Å²) in [5.74, 6) is -0.109. The number of hydrogen-bond acceptors (Lipinski definition) is 2. The van der Waals surface area contributed by atoms with E-state index in [2.05, 4.69) is 70.3 Å². The van der Waals surface area contributed by atoms with Crippen molar-refractivity contribution in [3.8, 4) is 11.3 Å². The summed E-state index contributed by atoms with van der Waals surface area (Å²) in [4.78, 5) is 13.5. The maximum atomic E-state index is 13.5. The van der Waals surface area contributed by atoms with E-state index in [-0.39, 0.29) is 22.8 Å². The van der Waals surface area contributed by atoms with E-state index in [1.807, 2.05) is 29.8 Å². The van der Waals surface area contributed by atoms with Crippen molar-refractivity contribution in [1.29, 1.82) is 0 Å². The van der Waals surface area contributed by atoms with Crippen LogP contribution < -0.4 is 5.32 Å². The Labute approximate surface area is 208 Å². The molecule has 0 spiro atoms. The van der Waals surface area contributed by atoms with Gasteiger partial charge in [0.15, 0.2) is 5.69 Å². The molecule has 4 rings (SSSR count). The Balaban J connectivity index is 1.70. The van der Waals surface area contributed by atoms with Crippen molar-refractivity contribution in [2.75, 3.05) is 0 Å². The van der Waals surface area contributed by atoms with Crippen LogP contribution in [0.3, 0.4) is 0 Å². The third kappa shape index (κ3) is 5.07. The molecule has 0 unspecified atom stereocenters. The maximum Gasteiger partial charge on any atom is 0.272 e. The van der Waals surface area contributed by atoms with E-state index in [0.717, 1.165) is 40.2 Å². The average molecular weight is 478 g/mol. The minimum atomic E-state index is -0.109. The molecule has 0 radical (unpaired) electrons. The van der Waals surface area contributed by atoms with Crippen molar-refractivity contribution in [2.24, 2.45) is 10.8 Å². The second-order valence-electron chi connectivity index (χ2n) is 11.3. The highest BCUT2D eigenvalue weighted by atomic mass is 35.5. The van der Waals surface area contributed by atoms with Crippen molar-refractivity contribution in [3.05, 3.63) is 75.9 Å². The first-order valence-corrected chi connectivity index (χ1v) is 12.5. The van der Waals surface area contributed by atoms with Crippen molar-refractivity contribution < 1.29 is 4.79 Å². The molecule has 3 aromatic rings. The van der Waals surface area contributed by atoms with Crippen molar-refractivity contribution in [3.63, 3.8) is 0 Å². The summed E-state index contributed by atoms with van der Waals surface area (Å²) < 4.78 is 1.93. The van der Waals surface area contributed by atoms with E-state index in [1.165, 1.54) is 12.0 Å². The van der Waals surface area contributed by atoms with Crippen LogP contribution in [0.25, 0.3) is 11.3 Å². The summed E-state index contributed by atoms with van der Waals surface area (Å²) in [5.41, 5.74) is 5.80. The van der Waals surface area contributed by atoms with E-state index in [4.69, 9.17) is 16.7 Å². The standard InChI is InChI=1S/C29H36ClN3O/c1-19-8-10-21(11-9-19)18-33-25(22-12-13-23(30)20(2)16-22)17-24(32-33)26(34)31-27-28(3,4)14-7-15-29(27,5)6/h8-13,16-17,27H,7,14-15,18H2,1-6H3,(H,31,34). The number of carbonyl (C=O) groups excluding carboxylic acids is 1. The van der Waals surface area contributed by atoms with E-state index >= 15 is 0 Å². The zero-order chi connectivity index (χ0) is 24.7. The third-order valence-corrected chi connectivity index (χ3v) is 7.82. The predicted octanol–water partition coefficient (Wildman–Crippen LogP) is 7.20. The molecular formula is C29H36ClN3O. The number of hydrogen-bond donors (Lipinski definition) is 1. The van der Waals surface area contributed by atoms with Gasteiger partial charge in [0.2, 0.25) is 0 Å². The van der Waals surface area contributed by atoms with Gasteiger partial charge in [-0.15, -0.1) is 0 Å². The fourth-order valence-electron chi connectivity index (χ4n) is 5.49. The molecule has 1 N–H and O–H groups in total. The van der Waals surface area contributed by atoms with E-state index in [1.54, 1.807) is 0 Å². The quantitative estimate of drug-likeness (QED) is 0.422. The molecule has 0 atom stereocenters. The van der Waals surface area contributed by atoms with Gasteiger partial charge in [-0.05, 0) is 66.8 Å². The number of aryl methyl sites for hydroxylation is 2. The van der Waals surface area contributed by atoms with Gasteiger partial charge in [0.05, 0.1) is 12.2 Å². The Morgan fingerprint density at radius 3 is 2.29 bits per heavy atom. The van der Waals surface area contributed by atoms with Crippen molar-refractivity contribution in [2.45, 2.75) is 73.4 Å². The molecule has 0 saturated heterocycles. The van der Waals surface area contributed by atoms with Gasteiger partial charge >= 0.3 is 0 Å². The van der Waals surface area contributed by atoms with Gasteiger partial charge < -0.3 is 5.32 Å². The van der Waals surface area contributed by atoms with Gasteiger partial charge in [0, 0.05) is 16.6 Å². The molecule has 2 aromatic carbocycles. The van der Waals surface area contributed by atoms with Crippen LogP contribution in [0.5, 0.6) is 0 Å². The second kappa shape index (κ2) is 9.22. The minimum Gasteiger partial charge on any atom is -0.347 e. The average Bonchev–Trinajstić information content (AvgIpc) is 3.18. The van der Waals surface area contributed by atoms with Crippen LogP contribution in [0.4, 0.5) is 0 Å². The Morgan fingerprint density at radius 2 is 1.68 bits per heavy atom. The molecule has 1 fully saturated rings. The molecule has 1 saturated carbocycles. The van der Waals surface area contributed by atoms with Crippen LogP contribution in [0.1, 0.15) is 74.1 Å². The number of aromatic nitrogens is 2. The lowest BCUT2D eigenvalue weighted by Crippen LogP contribution is -2.55. The van der Waals surface area contributed by atoms with Crippen LogP contribution in [0.15, 0.2) is 48.5 Å². The van der Waals surface area contributed by atoms with Crippen molar-refractivity contribution >= 4 is 17.5 Å². The molecule has 1 aromatic heterocycles. The lowest BCUT2D eigenvalue weighted by Gasteiger charge is -2.49. The summed E-state index contributed by atoms with van der Waals surface area (Å²) in [6, 6.07) is 16.4. The molecule has 180 valence electrons. The number of amides is 1. The summed E-state index contributed by atoms with van der Waals surface area (Å²) in [6.45, 7) is 13.7. The normalized spacial score (nSPS) is 17.5. The summed E-state index contributed by atoms with van der Waals surface area (Å²) in [6.07, 6.45) is 3.41. The van der Waals surface area contributed by atoms with E-state index < -0.39 is 0 Å². The smallest absolute Gasteiger partial charge is 0.272 e. The fraction of sp³-hybridized carbons (Fsp3) is 0.448. The van der Waals surface area contributed by atoms with Crippen LogP contribution in [0.2, 0.25) is 5.02 Å². The molecule has 0 aliphatic heterocycles. The van der Waals surface area contributed by atoms with Crippen LogP contribution >= 0.6 is 11.6 Å². The topological polar surface area (TPSA) is 46.9 Å². The number of benzene rings is 2. The first-order valence-electron chi connectivity index (χ1n) is 12.2. The number of nitrogens with one attached hydrogen (secondary N) is 1. The molecular weight excluding hydrogens is 442 g/mol. The van der Waals surface area contributed by atoms with Crippen LogP contribution in [-0.2, 0) is 6.54 Å². The van der Waals surface area contributed by atoms with Gasteiger partial charge in [-0.2, -0.15) is 5.10 Å². The highest BCUT2D eigenvalue weighted by Gasteiger charge is 2.44. The maximum absolute atomic E-state index is 13.5. The van der Waals surface area contributed by atoms with Gasteiger partial charge in [-0.25, -0.2) is 0 Å².